The molecule has 0 aliphatic rings. The molecule has 0 atom stereocenters. The molecule has 0 spiro atoms. The fraction of sp³-hybridized carbons (Fsp3) is 0.481. The van der Waals surface area contributed by atoms with E-state index in [9.17, 15) is 5.11 Å². The predicted octanol–water partition coefficient (Wildman–Crippen LogP) is 7.32. The Morgan fingerprint density at radius 2 is 1.28 bits per heavy atom. The first-order valence-electron chi connectivity index (χ1n) is 11.7. The molecular formula is C27H40O2. The molecule has 1 N–H and O–H groups in total. The number of benzene rings is 1. The number of rotatable bonds is 14. The van der Waals surface area contributed by atoms with Crippen molar-refractivity contribution < 1.29 is 12.6 Å². The van der Waals surface area contributed by atoms with E-state index in [1.165, 1.54) is 22.3 Å². The van der Waals surface area contributed by atoms with Crippen LogP contribution in [0.25, 0.3) is 0 Å². The van der Waals surface area contributed by atoms with E-state index in [-0.39, 0.29) is 0 Å². The summed E-state index contributed by atoms with van der Waals surface area (Å²) in [6, 6.07) is 10.2. The number of hydrogen-bond donors (Lipinski definition) is 1. The van der Waals surface area contributed by atoms with Gasteiger partial charge in [-0.25, -0.2) is 0 Å². The molecule has 2 heteroatoms. The lowest BCUT2D eigenvalue weighted by Crippen LogP contribution is -1.93. The lowest BCUT2D eigenvalue weighted by Gasteiger charge is -2.04. The number of hydrogen-bond acceptors (Lipinski definition) is 2. The third-order valence-electron chi connectivity index (χ3n) is 4.89. The molecule has 160 valence electrons. The van der Waals surface area contributed by atoms with Crippen LogP contribution in [0.1, 0.15) is 74.5 Å². The lowest BCUT2D eigenvalue weighted by atomic mass is 10.0. The monoisotopic (exact) mass is 398 g/mol. The van der Waals surface area contributed by atoms with Gasteiger partial charge in [0.15, 0.2) is 0 Å². The summed E-state index contributed by atoms with van der Waals surface area (Å²) in [6.45, 7) is 7.21. The molecule has 0 amide bonds. The second-order valence-corrected chi connectivity index (χ2v) is 7.77. The van der Waals surface area contributed by atoms with E-state index in [2.05, 4.69) is 51.1 Å². The van der Waals surface area contributed by atoms with E-state index in [1.807, 2.05) is 18.2 Å². The third-order valence-corrected chi connectivity index (χ3v) is 4.89. The first-order chi connectivity index (χ1) is 14.7. The second-order valence-electron chi connectivity index (χ2n) is 7.77. The molecule has 2 nitrogen and oxygen atoms in total. The van der Waals surface area contributed by atoms with Crippen molar-refractivity contribution in [2.45, 2.75) is 72.8 Å². The van der Waals surface area contributed by atoms with Gasteiger partial charge in [-0.15, -0.1) is 0 Å². The van der Waals surface area contributed by atoms with Gasteiger partial charge in [0.05, 0.1) is 22.5 Å². The van der Waals surface area contributed by atoms with Crippen molar-refractivity contribution in [1.82, 2.24) is 0 Å². The fourth-order valence-electron chi connectivity index (χ4n) is 2.91. The van der Waals surface area contributed by atoms with E-state index in [0.717, 1.165) is 38.5 Å². The Bertz CT molecular complexity index is 753. The molecule has 29 heavy (non-hydrogen) atoms. The third kappa shape index (κ3) is 13.8. The van der Waals surface area contributed by atoms with Crippen molar-refractivity contribution in [3.63, 3.8) is 0 Å². The Labute approximate surface area is 181 Å². The Morgan fingerprint density at radius 3 is 1.79 bits per heavy atom. The van der Waals surface area contributed by atoms with Crippen molar-refractivity contribution in [2.75, 3.05) is 13.2 Å². The highest BCUT2D eigenvalue weighted by molar-refractivity contribution is 5.13. The molecule has 1 aromatic carbocycles. The van der Waals surface area contributed by atoms with Crippen molar-refractivity contribution in [3.8, 4) is 0 Å². The summed E-state index contributed by atoms with van der Waals surface area (Å²) in [4.78, 5) is 0. The zero-order valence-electron chi connectivity index (χ0n) is 20.7. The summed E-state index contributed by atoms with van der Waals surface area (Å²) in [5.41, 5.74) is 5.68. The molecule has 1 rings (SSSR count). The summed E-state index contributed by atoms with van der Waals surface area (Å²) < 4.78 is 20.2. The number of aliphatic hydroxyl groups is 1. The van der Waals surface area contributed by atoms with E-state index >= 15 is 0 Å². The van der Waals surface area contributed by atoms with Gasteiger partial charge in [-0.1, -0.05) is 76.9 Å². The van der Waals surface area contributed by atoms with Crippen LogP contribution in [0.15, 0.2) is 76.9 Å². The Hall–Kier alpha value is -1.90. The maximum Gasteiger partial charge on any atom is 0.0721 e. The van der Waals surface area contributed by atoms with Gasteiger partial charge in [0, 0.05) is 0 Å². The van der Waals surface area contributed by atoms with E-state index in [4.69, 9.17) is 7.48 Å². The van der Waals surface area contributed by atoms with Crippen LogP contribution < -0.4 is 0 Å². The zero-order valence-corrected chi connectivity index (χ0v) is 18.7. The Balaban J connectivity index is 2.21. The van der Waals surface area contributed by atoms with Gasteiger partial charge in [0.25, 0.3) is 0 Å². The molecule has 0 fully saturated rings. The standard InChI is InChI=1S/C27H40O2/c1-23(11-8-12-24(2)14-10-16-26(4)21-28)13-9-15-25(3)19-20-29-22-27-17-6-5-7-18-27/h5-7,12-13,16-19,28H,8-11,14-15,20-22H2,1-4H3/b23-13+,24-12+,25-19+,26-16+/i21D2. The largest absolute Gasteiger partial charge is 0.392 e. The van der Waals surface area contributed by atoms with Crippen LogP contribution in [-0.4, -0.2) is 18.3 Å². The predicted molar refractivity (Wildman–Crippen MR) is 126 cm³/mol. The lowest BCUT2D eigenvalue weighted by molar-refractivity contribution is 0.148. The van der Waals surface area contributed by atoms with Crippen LogP contribution in [-0.2, 0) is 11.3 Å². The van der Waals surface area contributed by atoms with Crippen LogP contribution in [0.5, 0.6) is 0 Å². The van der Waals surface area contributed by atoms with Gasteiger partial charge in [-0.05, 0) is 71.8 Å². The molecule has 0 saturated heterocycles. The highest BCUT2D eigenvalue weighted by Gasteiger charge is 1.95. The summed E-state index contributed by atoms with van der Waals surface area (Å²) >= 11 is 0. The second kappa shape index (κ2) is 16.0. The van der Waals surface area contributed by atoms with Crippen LogP contribution in [0.4, 0.5) is 0 Å². The quantitative estimate of drug-likeness (QED) is 0.263. The van der Waals surface area contributed by atoms with Crippen molar-refractivity contribution in [3.05, 3.63) is 82.5 Å². The molecule has 0 aliphatic heterocycles. The molecule has 1 aromatic rings. The van der Waals surface area contributed by atoms with E-state index < -0.39 is 6.56 Å². The first kappa shape index (κ1) is 21.8. The zero-order chi connectivity index (χ0) is 23.1. The molecule has 0 aromatic heterocycles. The van der Waals surface area contributed by atoms with Gasteiger partial charge in [-0.3, -0.25) is 0 Å². The summed E-state index contributed by atoms with van der Waals surface area (Å²) in [5, 5.41) is 9.29. The maximum atomic E-state index is 9.29. The average molecular weight is 399 g/mol. The fourth-order valence-corrected chi connectivity index (χ4v) is 2.91. The average Bonchev–Trinajstić information content (AvgIpc) is 2.71. The van der Waals surface area contributed by atoms with Gasteiger partial charge < -0.3 is 9.84 Å². The van der Waals surface area contributed by atoms with Gasteiger partial charge in [0.1, 0.15) is 0 Å². The first-order valence-corrected chi connectivity index (χ1v) is 10.7. The van der Waals surface area contributed by atoms with Crippen molar-refractivity contribution in [2.24, 2.45) is 0 Å². The SMILES string of the molecule is [2H]C([2H])(O)/C(C)=C/CC/C(C)=C/CC/C(C)=C/CC/C(C)=C/COCc1ccccc1. The minimum atomic E-state index is -2.21. The van der Waals surface area contributed by atoms with Gasteiger partial charge in [0.2, 0.25) is 0 Å². The van der Waals surface area contributed by atoms with Crippen LogP contribution >= 0.6 is 0 Å². The molecule has 0 unspecified atom stereocenters. The minimum absolute atomic E-state index is 0.381. The van der Waals surface area contributed by atoms with Crippen LogP contribution in [0.2, 0.25) is 0 Å². The van der Waals surface area contributed by atoms with E-state index in [1.54, 1.807) is 13.0 Å². The normalized spacial score (nSPS) is 15.3. The maximum absolute atomic E-state index is 9.29. The molecule has 0 aliphatic carbocycles. The minimum Gasteiger partial charge on any atom is -0.392 e. The summed E-state index contributed by atoms with van der Waals surface area (Å²) in [6.07, 6.45) is 14.4. The molecular weight excluding hydrogens is 356 g/mol. The van der Waals surface area contributed by atoms with Crippen molar-refractivity contribution >= 4 is 0 Å². The molecule has 0 radical (unpaired) electrons. The Morgan fingerprint density at radius 1 is 0.793 bits per heavy atom. The highest BCUT2D eigenvalue weighted by Crippen LogP contribution is 2.13. The Kier molecular flexibility index (Phi) is 12.0. The smallest absolute Gasteiger partial charge is 0.0721 e. The number of allylic oxidation sites excluding steroid dienone is 6. The molecule has 0 bridgehead atoms. The van der Waals surface area contributed by atoms with Gasteiger partial charge >= 0.3 is 0 Å². The molecule has 0 heterocycles. The van der Waals surface area contributed by atoms with Gasteiger partial charge in [-0.2, -0.15) is 0 Å². The molecule has 0 saturated carbocycles. The number of ether oxygens (including phenoxy) is 1. The van der Waals surface area contributed by atoms with Crippen LogP contribution in [0, 0.1) is 0 Å². The topological polar surface area (TPSA) is 29.5 Å². The summed E-state index contributed by atoms with van der Waals surface area (Å²) in [7, 11) is 0. The van der Waals surface area contributed by atoms with E-state index in [0.29, 0.717) is 18.8 Å². The van der Waals surface area contributed by atoms with Crippen LogP contribution in [0.3, 0.4) is 0 Å². The summed E-state index contributed by atoms with van der Waals surface area (Å²) in [5.74, 6) is 0. The highest BCUT2D eigenvalue weighted by atomic mass is 16.5. The van der Waals surface area contributed by atoms with Crippen molar-refractivity contribution in [1.29, 1.82) is 0 Å².